The van der Waals surface area contributed by atoms with Crippen LogP contribution >= 0.6 is 23.2 Å². The van der Waals surface area contributed by atoms with Gasteiger partial charge in [-0.15, -0.1) is 0 Å². The van der Waals surface area contributed by atoms with Crippen LogP contribution in [0, 0.1) is 6.92 Å². The van der Waals surface area contributed by atoms with Crippen LogP contribution in [0.25, 0.3) is 0 Å². The number of amides is 2. The molecule has 44 heavy (non-hydrogen) atoms. The number of hydrogen-bond acceptors (Lipinski definition) is 4. The van der Waals surface area contributed by atoms with Crippen LogP contribution in [0.1, 0.15) is 61.6 Å². The quantitative estimate of drug-likeness (QED) is 0.216. The number of rotatable bonds is 13. The van der Waals surface area contributed by atoms with Gasteiger partial charge >= 0.3 is 0 Å². The summed E-state index contributed by atoms with van der Waals surface area (Å²) in [6, 6.07) is 21.6. The summed E-state index contributed by atoms with van der Waals surface area (Å²) in [5, 5.41) is 3.85. The zero-order chi connectivity index (χ0) is 31.7. The first-order valence-corrected chi connectivity index (χ1v) is 17.7. The van der Waals surface area contributed by atoms with E-state index in [-0.39, 0.29) is 54.5 Å². The number of hydrogen-bond donors (Lipinski definition) is 1. The summed E-state index contributed by atoms with van der Waals surface area (Å²) >= 11 is 12.5. The molecule has 1 fully saturated rings. The summed E-state index contributed by atoms with van der Waals surface area (Å²) in [7, 11) is -3.72. The Kier molecular flexibility index (Phi) is 12.1. The first kappa shape index (κ1) is 33.8. The van der Waals surface area contributed by atoms with E-state index in [9.17, 15) is 18.0 Å². The van der Waals surface area contributed by atoms with Gasteiger partial charge in [0.25, 0.3) is 0 Å². The van der Waals surface area contributed by atoms with Crippen LogP contribution in [0.2, 0.25) is 10.0 Å². The molecule has 0 radical (unpaired) electrons. The van der Waals surface area contributed by atoms with E-state index >= 15 is 0 Å². The summed E-state index contributed by atoms with van der Waals surface area (Å²) in [4.78, 5) is 29.8. The molecule has 0 aromatic heterocycles. The lowest BCUT2D eigenvalue weighted by Crippen LogP contribution is -2.53. The summed E-state index contributed by atoms with van der Waals surface area (Å²) in [5.41, 5.74) is 3.19. The lowest BCUT2D eigenvalue weighted by atomic mass is 9.94. The average Bonchev–Trinajstić information content (AvgIpc) is 2.99. The van der Waals surface area contributed by atoms with E-state index < -0.39 is 16.1 Å². The fraction of sp³-hybridized carbons (Fsp3) is 0.412. The van der Waals surface area contributed by atoms with Crippen molar-refractivity contribution in [3.05, 3.63) is 99.5 Å². The van der Waals surface area contributed by atoms with Crippen LogP contribution < -0.4 is 9.62 Å². The minimum atomic E-state index is -3.72. The summed E-state index contributed by atoms with van der Waals surface area (Å²) in [5.74, 6) is -0.384. The maximum atomic E-state index is 14.1. The topological polar surface area (TPSA) is 86.8 Å². The molecule has 1 N–H and O–H groups in total. The number of anilines is 1. The molecule has 0 spiro atoms. The Labute approximate surface area is 271 Å². The number of carbonyl (C=O) groups is 2. The molecule has 2 amide bonds. The SMILES string of the molecule is Cc1ccccc1CN(C(=O)CCCN(c1cc(Cl)ccc1Cl)S(C)(=O)=O)C(Cc1ccccc1)C(=O)NC1CCCCC1. The van der Waals surface area contributed by atoms with Gasteiger partial charge in [-0.05, 0) is 61.1 Å². The monoisotopic (exact) mass is 657 g/mol. The summed E-state index contributed by atoms with van der Waals surface area (Å²) in [6.45, 7) is 2.28. The van der Waals surface area contributed by atoms with E-state index in [1.165, 1.54) is 16.8 Å². The summed E-state index contributed by atoms with van der Waals surface area (Å²) in [6.07, 6.45) is 6.92. The third-order valence-corrected chi connectivity index (χ3v) is 9.89. The van der Waals surface area contributed by atoms with Gasteiger partial charge in [-0.25, -0.2) is 8.42 Å². The van der Waals surface area contributed by atoms with Crippen LogP contribution in [0.5, 0.6) is 0 Å². The minimum Gasteiger partial charge on any atom is -0.352 e. The zero-order valence-electron chi connectivity index (χ0n) is 25.3. The molecule has 3 aromatic rings. The lowest BCUT2D eigenvalue weighted by Gasteiger charge is -2.34. The predicted octanol–water partition coefficient (Wildman–Crippen LogP) is 6.94. The largest absolute Gasteiger partial charge is 0.352 e. The average molecular weight is 659 g/mol. The maximum absolute atomic E-state index is 14.1. The Hall–Kier alpha value is -3.07. The molecule has 3 aromatic carbocycles. The highest BCUT2D eigenvalue weighted by atomic mass is 35.5. The van der Waals surface area contributed by atoms with Crippen molar-refractivity contribution in [1.29, 1.82) is 0 Å². The number of nitrogens with zero attached hydrogens (tertiary/aromatic N) is 2. The van der Waals surface area contributed by atoms with Crippen LogP contribution in [0.4, 0.5) is 5.69 Å². The smallest absolute Gasteiger partial charge is 0.243 e. The fourth-order valence-corrected chi connectivity index (χ4v) is 7.13. The van der Waals surface area contributed by atoms with Gasteiger partial charge in [0.05, 0.1) is 17.0 Å². The van der Waals surface area contributed by atoms with E-state index in [0.29, 0.717) is 11.4 Å². The second kappa shape index (κ2) is 15.8. The molecule has 0 saturated heterocycles. The second-order valence-electron chi connectivity index (χ2n) is 11.5. The molecule has 0 bridgehead atoms. The predicted molar refractivity (Wildman–Crippen MR) is 179 cm³/mol. The van der Waals surface area contributed by atoms with E-state index in [1.54, 1.807) is 17.0 Å². The van der Waals surface area contributed by atoms with Crippen LogP contribution in [-0.4, -0.2) is 50.0 Å². The number of aryl methyl sites for hydroxylation is 1. The normalized spacial score (nSPS) is 14.5. The van der Waals surface area contributed by atoms with E-state index in [4.69, 9.17) is 23.2 Å². The van der Waals surface area contributed by atoms with Gasteiger partial charge in [0.1, 0.15) is 6.04 Å². The molecule has 1 aliphatic rings. The van der Waals surface area contributed by atoms with Crippen molar-refractivity contribution in [3.8, 4) is 0 Å². The summed E-state index contributed by atoms with van der Waals surface area (Å²) < 4.78 is 26.7. The molecular formula is C34H41Cl2N3O4S. The number of benzene rings is 3. The molecule has 10 heteroatoms. The maximum Gasteiger partial charge on any atom is 0.243 e. The number of carbonyl (C=O) groups excluding carboxylic acids is 2. The van der Waals surface area contributed by atoms with Crippen molar-refractivity contribution in [3.63, 3.8) is 0 Å². The van der Waals surface area contributed by atoms with Gasteiger partial charge in [0.15, 0.2) is 0 Å². The Morgan fingerprint density at radius 3 is 2.32 bits per heavy atom. The molecule has 0 heterocycles. The van der Waals surface area contributed by atoms with Gasteiger partial charge in [0.2, 0.25) is 21.8 Å². The molecule has 1 atom stereocenters. The van der Waals surface area contributed by atoms with Crippen LogP contribution in [-0.2, 0) is 32.6 Å². The van der Waals surface area contributed by atoms with Crippen molar-refractivity contribution in [1.82, 2.24) is 10.2 Å². The molecule has 7 nitrogen and oxygen atoms in total. The highest BCUT2D eigenvalue weighted by molar-refractivity contribution is 7.92. The molecule has 1 saturated carbocycles. The zero-order valence-corrected chi connectivity index (χ0v) is 27.7. The van der Waals surface area contributed by atoms with E-state index in [1.807, 2.05) is 61.5 Å². The van der Waals surface area contributed by atoms with Crippen molar-refractivity contribution in [2.24, 2.45) is 0 Å². The second-order valence-corrected chi connectivity index (χ2v) is 14.3. The molecule has 1 aliphatic carbocycles. The lowest BCUT2D eigenvalue weighted by molar-refractivity contribution is -0.141. The van der Waals surface area contributed by atoms with Crippen molar-refractivity contribution in [2.75, 3.05) is 17.1 Å². The Morgan fingerprint density at radius 1 is 0.955 bits per heavy atom. The first-order chi connectivity index (χ1) is 21.0. The van der Waals surface area contributed by atoms with Gasteiger partial charge < -0.3 is 10.2 Å². The van der Waals surface area contributed by atoms with E-state index in [0.717, 1.165) is 48.6 Å². The fourth-order valence-electron chi connectivity index (χ4n) is 5.73. The van der Waals surface area contributed by atoms with Gasteiger partial charge in [0, 0.05) is 37.0 Å². The van der Waals surface area contributed by atoms with Gasteiger partial charge in [-0.3, -0.25) is 13.9 Å². The molecule has 1 unspecified atom stereocenters. The highest BCUT2D eigenvalue weighted by Gasteiger charge is 2.32. The third-order valence-electron chi connectivity index (χ3n) is 8.15. The standard InChI is InChI=1S/C34H41Cl2N3O4S/c1-25-12-9-10-15-27(25)24-38(32(22-26-13-5-3-6-14-26)34(41)37-29-16-7-4-8-17-29)33(40)18-11-21-39(44(2,42)43)31-23-28(35)19-20-30(31)36/h3,5-6,9-10,12-15,19-20,23,29,32H,4,7-8,11,16-18,21-22,24H2,1-2H3,(H,37,41). The Balaban J connectivity index is 1.61. The molecule has 4 rings (SSSR count). The van der Waals surface area contributed by atoms with Crippen LogP contribution in [0.15, 0.2) is 72.8 Å². The van der Waals surface area contributed by atoms with Gasteiger partial charge in [-0.1, -0.05) is 97.1 Å². The van der Waals surface area contributed by atoms with Crippen molar-refractivity contribution < 1.29 is 18.0 Å². The number of nitrogens with one attached hydrogen (secondary N) is 1. The van der Waals surface area contributed by atoms with Gasteiger partial charge in [-0.2, -0.15) is 0 Å². The Bertz CT molecular complexity index is 1530. The minimum absolute atomic E-state index is 0.0282. The molecule has 0 aliphatic heterocycles. The van der Waals surface area contributed by atoms with E-state index in [2.05, 4.69) is 5.32 Å². The Morgan fingerprint density at radius 2 is 1.64 bits per heavy atom. The number of sulfonamides is 1. The highest BCUT2D eigenvalue weighted by Crippen LogP contribution is 2.31. The van der Waals surface area contributed by atoms with Crippen LogP contribution in [0.3, 0.4) is 0 Å². The van der Waals surface area contributed by atoms with Crippen molar-refractivity contribution >= 4 is 50.7 Å². The van der Waals surface area contributed by atoms with Crippen molar-refractivity contribution in [2.45, 2.75) is 76.9 Å². The molecule has 236 valence electrons. The third kappa shape index (κ3) is 9.46. The first-order valence-electron chi connectivity index (χ1n) is 15.1. The molecular weight excluding hydrogens is 617 g/mol. The number of halogens is 2.